The van der Waals surface area contributed by atoms with E-state index in [1.54, 1.807) is 11.1 Å². The van der Waals surface area contributed by atoms with Gasteiger partial charge in [0.25, 0.3) is 0 Å². The molecule has 15 heavy (non-hydrogen) atoms. The Hall–Kier alpha value is -0.560. The normalized spacial score (nSPS) is 26.3. The first kappa shape index (κ1) is 12.5. The van der Waals surface area contributed by atoms with Gasteiger partial charge >= 0.3 is 0 Å². The Kier molecular flexibility index (Phi) is 3.77. The molecular formula is C14H24O. The fraction of sp³-hybridized carbons (Fsp3) is 0.714. The molecule has 0 saturated heterocycles. The molecular weight excluding hydrogens is 184 g/mol. The average molecular weight is 208 g/mol. The highest BCUT2D eigenvalue weighted by Gasteiger charge is 2.36. The lowest BCUT2D eigenvalue weighted by Crippen LogP contribution is -2.19. The first-order valence-corrected chi connectivity index (χ1v) is 5.83. The van der Waals surface area contributed by atoms with E-state index in [4.69, 9.17) is 5.11 Å². The van der Waals surface area contributed by atoms with E-state index in [9.17, 15) is 0 Å². The van der Waals surface area contributed by atoms with Crippen LogP contribution in [0.25, 0.3) is 0 Å². The molecule has 1 N–H and O–H groups in total. The van der Waals surface area contributed by atoms with Crippen molar-refractivity contribution in [2.75, 3.05) is 6.61 Å². The summed E-state index contributed by atoms with van der Waals surface area (Å²) < 4.78 is 0. The van der Waals surface area contributed by atoms with E-state index in [-0.39, 0.29) is 6.61 Å². The van der Waals surface area contributed by atoms with Gasteiger partial charge in [-0.25, -0.2) is 0 Å². The smallest absolute Gasteiger partial charge is 0.0639 e. The average Bonchev–Trinajstić information content (AvgIpc) is 2.38. The Balaban J connectivity index is 2.69. The van der Waals surface area contributed by atoms with Crippen molar-refractivity contribution < 1.29 is 5.11 Å². The van der Waals surface area contributed by atoms with Crippen LogP contribution in [0.2, 0.25) is 0 Å². The minimum absolute atomic E-state index is 0.193. The molecule has 1 aliphatic rings. The summed E-state index contributed by atoms with van der Waals surface area (Å²) >= 11 is 0. The predicted molar refractivity (Wildman–Crippen MR) is 65.7 cm³/mol. The van der Waals surface area contributed by atoms with Crippen LogP contribution in [0.5, 0.6) is 0 Å². The van der Waals surface area contributed by atoms with Crippen LogP contribution in [0.15, 0.2) is 22.8 Å². The molecule has 0 spiro atoms. The van der Waals surface area contributed by atoms with Crippen LogP contribution in [-0.2, 0) is 0 Å². The third-order valence-electron chi connectivity index (χ3n) is 4.18. The quantitative estimate of drug-likeness (QED) is 0.701. The Labute approximate surface area is 93.9 Å². The van der Waals surface area contributed by atoms with E-state index < -0.39 is 0 Å². The Bertz CT molecular complexity index is 294. The molecule has 0 bridgehead atoms. The number of rotatable bonds is 3. The molecule has 1 heteroatoms. The Morgan fingerprint density at radius 3 is 2.47 bits per heavy atom. The summed E-state index contributed by atoms with van der Waals surface area (Å²) in [7, 11) is 0. The van der Waals surface area contributed by atoms with Crippen LogP contribution in [-0.4, -0.2) is 11.7 Å². The van der Waals surface area contributed by atoms with E-state index in [1.807, 2.05) is 6.92 Å². The van der Waals surface area contributed by atoms with Crippen LogP contribution >= 0.6 is 0 Å². The second kappa shape index (κ2) is 4.52. The van der Waals surface area contributed by atoms with Gasteiger partial charge in [-0.3, -0.25) is 0 Å². The molecule has 0 aromatic carbocycles. The Morgan fingerprint density at radius 2 is 2.07 bits per heavy atom. The van der Waals surface area contributed by atoms with Crippen molar-refractivity contribution in [2.45, 2.75) is 47.5 Å². The number of allylic oxidation sites excluding steroid dienone is 3. The first-order chi connectivity index (χ1) is 6.89. The lowest BCUT2D eigenvalue weighted by molar-refractivity contribution is 0.291. The van der Waals surface area contributed by atoms with Crippen LogP contribution in [0.4, 0.5) is 0 Å². The van der Waals surface area contributed by atoms with Crippen LogP contribution in [0.3, 0.4) is 0 Å². The maximum Gasteiger partial charge on any atom is 0.0639 e. The van der Waals surface area contributed by atoms with Crippen LogP contribution < -0.4 is 0 Å². The van der Waals surface area contributed by atoms with Crippen molar-refractivity contribution >= 4 is 0 Å². The molecule has 0 saturated carbocycles. The van der Waals surface area contributed by atoms with E-state index in [0.29, 0.717) is 11.3 Å². The second-order valence-corrected chi connectivity index (χ2v) is 5.47. The second-order valence-electron chi connectivity index (χ2n) is 5.47. The van der Waals surface area contributed by atoms with Crippen LogP contribution in [0.1, 0.15) is 47.5 Å². The number of aliphatic hydroxyl groups excluding tert-OH is 1. The van der Waals surface area contributed by atoms with E-state index in [1.165, 1.54) is 6.42 Å². The zero-order valence-corrected chi connectivity index (χ0v) is 10.7. The highest BCUT2D eigenvalue weighted by Crippen LogP contribution is 2.48. The van der Waals surface area contributed by atoms with Gasteiger partial charge in [0.15, 0.2) is 0 Å². The number of hydrogen-bond acceptors (Lipinski definition) is 1. The van der Waals surface area contributed by atoms with Gasteiger partial charge in [-0.1, -0.05) is 36.6 Å². The zero-order valence-electron chi connectivity index (χ0n) is 10.7. The van der Waals surface area contributed by atoms with Gasteiger partial charge in [0.1, 0.15) is 0 Å². The van der Waals surface area contributed by atoms with Crippen molar-refractivity contribution in [3.05, 3.63) is 22.8 Å². The fourth-order valence-corrected chi connectivity index (χ4v) is 2.42. The van der Waals surface area contributed by atoms with Crippen molar-refractivity contribution in [3.63, 3.8) is 0 Å². The number of hydrogen-bond donors (Lipinski definition) is 1. The predicted octanol–water partition coefficient (Wildman–Crippen LogP) is 3.70. The molecule has 0 aromatic rings. The van der Waals surface area contributed by atoms with Crippen molar-refractivity contribution in [1.82, 2.24) is 0 Å². The topological polar surface area (TPSA) is 20.2 Å². The summed E-state index contributed by atoms with van der Waals surface area (Å²) in [5.41, 5.74) is 4.53. The van der Waals surface area contributed by atoms with Gasteiger partial charge in [-0.05, 0) is 44.9 Å². The highest BCUT2D eigenvalue weighted by molar-refractivity contribution is 5.26. The van der Waals surface area contributed by atoms with E-state index in [2.05, 4.69) is 33.8 Å². The number of aliphatic hydroxyl groups is 1. The van der Waals surface area contributed by atoms with Gasteiger partial charge in [-0.15, -0.1) is 0 Å². The molecule has 1 atom stereocenters. The lowest BCUT2D eigenvalue weighted by Gasteiger charge is -2.29. The molecule has 1 aliphatic carbocycles. The highest BCUT2D eigenvalue weighted by atomic mass is 16.3. The minimum Gasteiger partial charge on any atom is -0.392 e. The summed E-state index contributed by atoms with van der Waals surface area (Å²) in [4.78, 5) is 0. The van der Waals surface area contributed by atoms with Gasteiger partial charge < -0.3 is 5.11 Å². The fourth-order valence-electron chi connectivity index (χ4n) is 2.42. The Morgan fingerprint density at radius 1 is 1.47 bits per heavy atom. The monoisotopic (exact) mass is 208 g/mol. The third kappa shape index (κ3) is 2.52. The molecule has 0 amide bonds. The maximum atomic E-state index is 8.96. The molecule has 86 valence electrons. The molecule has 0 aliphatic heterocycles. The summed E-state index contributed by atoms with van der Waals surface area (Å²) in [6.45, 7) is 11.4. The molecule has 1 nitrogen and oxygen atoms in total. The van der Waals surface area contributed by atoms with Crippen LogP contribution in [0, 0.1) is 11.3 Å². The molecule has 0 fully saturated rings. The SMILES string of the molecule is CC1=C(C)C(C)(C)[C@@H](C/C=C(\C)CO)C1. The molecule has 0 unspecified atom stereocenters. The lowest BCUT2D eigenvalue weighted by atomic mass is 9.76. The molecule has 0 aromatic heterocycles. The van der Waals surface area contributed by atoms with E-state index >= 15 is 0 Å². The summed E-state index contributed by atoms with van der Waals surface area (Å²) in [6, 6.07) is 0. The zero-order chi connectivity index (χ0) is 11.6. The standard InChI is InChI=1S/C14H24O/c1-10(9-15)6-7-13-8-11(2)12(3)14(13,4)5/h6,13,15H,7-9H2,1-5H3/b10-6+/t13-/m0/s1. The minimum atomic E-state index is 0.193. The van der Waals surface area contributed by atoms with Gasteiger partial charge in [0, 0.05) is 0 Å². The van der Waals surface area contributed by atoms with Gasteiger partial charge in [0.2, 0.25) is 0 Å². The first-order valence-electron chi connectivity index (χ1n) is 5.83. The molecule has 1 rings (SSSR count). The molecule has 0 heterocycles. The van der Waals surface area contributed by atoms with E-state index in [0.717, 1.165) is 12.0 Å². The summed E-state index contributed by atoms with van der Waals surface area (Å²) in [6.07, 6.45) is 4.50. The van der Waals surface area contributed by atoms with Crippen molar-refractivity contribution in [1.29, 1.82) is 0 Å². The summed E-state index contributed by atoms with van der Waals surface area (Å²) in [5, 5.41) is 8.96. The summed E-state index contributed by atoms with van der Waals surface area (Å²) in [5.74, 6) is 0.707. The van der Waals surface area contributed by atoms with Crippen molar-refractivity contribution in [2.24, 2.45) is 11.3 Å². The largest absolute Gasteiger partial charge is 0.392 e. The van der Waals surface area contributed by atoms with Gasteiger partial charge in [0.05, 0.1) is 6.61 Å². The van der Waals surface area contributed by atoms with Crippen molar-refractivity contribution in [3.8, 4) is 0 Å². The molecule has 0 radical (unpaired) electrons. The third-order valence-corrected chi connectivity index (χ3v) is 4.18. The maximum absolute atomic E-state index is 8.96. The van der Waals surface area contributed by atoms with Gasteiger partial charge in [-0.2, -0.15) is 0 Å².